The molecule has 37 heavy (non-hydrogen) atoms. The first-order valence-corrected chi connectivity index (χ1v) is 14.3. The zero-order valence-corrected chi connectivity index (χ0v) is 23.4. The average Bonchev–Trinajstić information content (AvgIpc) is 3.08. The summed E-state index contributed by atoms with van der Waals surface area (Å²) in [5.74, 6) is -0.593. The number of nitrogens with two attached hydrogens (primary N) is 1. The van der Waals surface area contributed by atoms with Crippen molar-refractivity contribution in [2.45, 2.75) is 57.0 Å². The monoisotopic (exact) mass is 654 g/mol. The number of esters is 1. The Bertz CT molecular complexity index is 1190. The van der Waals surface area contributed by atoms with Crippen LogP contribution in [-0.4, -0.2) is 61.7 Å². The highest BCUT2D eigenvalue weighted by Gasteiger charge is 2.57. The number of hydrogen-bond donors (Lipinski definition) is 3. The number of rotatable bonds is 11. The molecule has 0 saturated carbocycles. The van der Waals surface area contributed by atoms with Gasteiger partial charge in [-0.2, -0.15) is 10.1 Å². The van der Waals surface area contributed by atoms with Gasteiger partial charge in [0.1, 0.15) is 29.3 Å². The third kappa shape index (κ3) is 7.06. The molecule has 0 bridgehead atoms. The Morgan fingerprint density at radius 2 is 2.03 bits per heavy atom. The minimum absolute atomic E-state index is 0.0176. The van der Waals surface area contributed by atoms with Crippen LogP contribution < -0.4 is 21.0 Å². The van der Waals surface area contributed by atoms with E-state index in [1.54, 1.807) is 32.0 Å². The number of nitrogen functional groups attached to an aromatic ring is 1. The number of para-hydroxylation sites is 1. The first-order chi connectivity index (χ1) is 17.4. The van der Waals surface area contributed by atoms with Crippen molar-refractivity contribution in [3.8, 4) is 5.75 Å². The number of nitrogens with one attached hydrogen (secondary N) is 1. The van der Waals surface area contributed by atoms with Gasteiger partial charge >= 0.3 is 19.4 Å². The lowest BCUT2D eigenvalue weighted by molar-refractivity contribution is -0.149. The summed E-state index contributed by atoms with van der Waals surface area (Å²) in [5, 5.41) is 13.3. The lowest BCUT2D eigenvalue weighted by atomic mass is 9.99. The molecule has 2 heterocycles. The molecule has 12 nitrogen and oxygen atoms in total. The van der Waals surface area contributed by atoms with Gasteiger partial charge in [0.05, 0.1) is 12.7 Å². The van der Waals surface area contributed by atoms with Crippen molar-refractivity contribution in [3.05, 3.63) is 53.1 Å². The van der Waals surface area contributed by atoms with E-state index in [0.29, 0.717) is 0 Å². The van der Waals surface area contributed by atoms with E-state index in [1.807, 2.05) is 22.6 Å². The maximum Gasteiger partial charge on any atom is 0.459 e. The van der Waals surface area contributed by atoms with E-state index >= 15 is 4.39 Å². The van der Waals surface area contributed by atoms with Crippen molar-refractivity contribution in [1.29, 1.82) is 0 Å². The minimum Gasteiger partial charge on any atom is -0.462 e. The fourth-order valence-corrected chi connectivity index (χ4v) is 5.85. The van der Waals surface area contributed by atoms with Crippen LogP contribution in [0.3, 0.4) is 0 Å². The van der Waals surface area contributed by atoms with E-state index < -0.39 is 62.3 Å². The Kier molecular flexibility index (Phi) is 9.69. The second-order valence-corrected chi connectivity index (χ2v) is 11.1. The normalized spacial score (nSPS) is 26.0. The van der Waals surface area contributed by atoms with Crippen molar-refractivity contribution in [2.75, 3.05) is 16.8 Å². The zero-order valence-electron chi connectivity index (χ0n) is 20.3. The van der Waals surface area contributed by atoms with E-state index in [1.165, 1.54) is 31.3 Å². The van der Waals surface area contributed by atoms with Gasteiger partial charge < -0.3 is 24.8 Å². The fraction of sp³-hybridized carbons (Fsp3) is 0.500. The topological polar surface area (TPSA) is 164 Å². The third-order valence-electron chi connectivity index (χ3n) is 5.33. The molecule has 2 aromatic rings. The van der Waals surface area contributed by atoms with Crippen LogP contribution in [-0.2, 0) is 23.4 Å². The van der Waals surface area contributed by atoms with E-state index in [9.17, 15) is 19.3 Å². The molecule has 0 amide bonds. The van der Waals surface area contributed by atoms with Gasteiger partial charge in [-0.1, -0.05) is 40.8 Å². The van der Waals surface area contributed by atoms with Crippen molar-refractivity contribution in [2.24, 2.45) is 0 Å². The van der Waals surface area contributed by atoms with E-state index in [0.717, 1.165) is 4.57 Å². The number of aromatic nitrogens is 2. The quantitative estimate of drug-likeness (QED) is 0.141. The van der Waals surface area contributed by atoms with Crippen LogP contribution in [0.4, 0.5) is 10.2 Å². The standard InChI is InChI=1S/C22H29FIN4O8P/c1-13(2)34-20(30)14(3)27-37(32,36-15-7-5-4-6-8-15)33-12-22(11-24)18(29)17(23)19(35-22)28-10-9-16(25)26-21(28)31/h4-10,13-14,17-19,29H,11-12H2,1-3H3,(H,27,32)(H2,25,26,31)/t14-,17-,18-,19+,22+,37?/m0/s1. The first-order valence-electron chi connectivity index (χ1n) is 11.3. The number of aliphatic hydroxyl groups is 1. The van der Waals surface area contributed by atoms with Crippen LogP contribution in [0.1, 0.15) is 27.0 Å². The van der Waals surface area contributed by atoms with Gasteiger partial charge in [0.2, 0.25) is 0 Å². The van der Waals surface area contributed by atoms with Crippen LogP contribution in [0.15, 0.2) is 47.4 Å². The van der Waals surface area contributed by atoms with Gasteiger partial charge in [0, 0.05) is 10.6 Å². The van der Waals surface area contributed by atoms with Gasteiger partial charge in [-0.25, -0.2) is 13.8 Å². The highest BCUT2D eigenvalue weighted by molar-refractivity contribution is 14.1. The molecule has 1 unspecified atom stereocenters. The van der Waals surface area contributed by atoms with Gasteiger partial charge in [-0.15, -0.1) is 0 Å². The molecule has 1 aliphatic heterocycles. The van der Waals surface area contributed by atoms with E-state index in [-0.39, 0.29) is 16.0 Å². The Morgan fingerprint density at radius 3 is 2.62 bits per heavy atom. The Hall–Kier alpha value is -2.10. The summed E-state index contributed by atoms with van der Waals surface area (Å²) >= 11 is 1.86. The number of ether oxygens (including phenoxy) is 2. The van der Waals surface area contributed by atoms with Crippen molar-refractivity contribution < 1.29 is 37.4 Å². The number of anilines is 1. The molecule has 0 spiro atoms. The molecule has 1 fully saturated rings. The number of alkyl halides is 2. The van der Waals surface area contributed by atoms with Crippen molar-refractivity contribution in [3.63, 3.8) is 0 Å². The highest BCUT2D eigenvalue weighted by atomic mass is 127. The Labute approximate surface area is 226 Å². The fourth-order valence-electron chi connectivity index (χ4n) is 3.45. The SMILES string of the molecule is CC(C)OC(=O)[C@H](C)NP(=O)(OC[C@@]1(CI)O[C@@H](n2ccc(N)nc2=O)[C@@H](F)[C@@H]1O)Oc1ccccc1. The lowest BCUT2D eigenvalue weighted by Crippen LogP contribution is -2.48. The molecule has 1 aromatic heterocycles. The summed E-state index contributed by atoms with van der Waals surface area (Å²) in [7, 11) is -4.32. The van der Waals surface area contributed by atoms with Crippen LogP contribution in [0.5, 0.6) is 5.75 Å². The molecular weight excluding hydrogens is 625 g/mol. The van der Waals surface area contributed by atoms with Crippen molar-refractivity contribution in [1.82, 2.24) is 14.6 Å². The minimum atomic E-state index is -4.32. The molecule has 1 saturated heterocycles. The van der Waals surface area contributed by atoms with Gasteiger partial charge in [0.15, 0.2) is 12.4 Å². The Balaban J connectivity index is 1.85. The molecule has 15 heteroatoms. The van der Waals surface area contributed by atoms with Crippen molar-refractivity contribution >= 4 is 42.1 Å². The maximum atomic E-state index is 15.2. The summed E-state index contributed by atoms with van der Waals surface area (Å²) in [5.41, 5.74) is 2.89. The molecule has 0 radical (unpaired) electrons. The predicted octanol–water partition coefficient (Wildman–Crippen LogP) is 2.36. The zero-order chi connectivity index (χ0) is 27.4. The van der Waals surface area contributed by atoms with Gasteiger partial charge in [0.25, 0.3) is 0 Å². The smallest absolute Gasteiger partial charge is 0.459 e. The number of nitrogens with zero attached hydrogens (tertiary/aromatic N) is 2. The first kappa shape index (κ1) is 29.5. The van der Waals surface area contributed by atoms with Gasteiger partial charge in [-0.3, -0.25) is 13.9 Å². The molecule has 1 aromatic carbocycles. The summed E-state index contributed by atoms with van der Waals surface area (Å²) in [6.07, 6.45) is -4.58. The summed E-state index contributed by atoms with van der Waals surface area (Å²) in [4.78, 5) is 28.1. The summed E-state index contributed by atoms with van der Waals surface area (Å²) < 4.78 is 52.0. The average molecular weight is 654 g/mol. The molecule has 1 aliphatic rings. The lowest BCUT2D eigenvalue weighted by Gasteiger charge is -2.32. The summed E-state index contributed by atoms with van der Waals surface area (Å²) in [6.45, 7) is 4.12. The third-order valence-corrected chi connectivity index (χ3v) is 8.24. The predicted molar refractivity (Wildman–Crippen MR) is 140 cm³/mol. The van der Waals surface area contributed by atoms with Crippen LogP contribution >= 0.6 is 30.3 Å². The molecule has 6 atom stereocenters. The number of benzene rings is 1. The molecule has 4 N–H and O–H groups in total. The van der Waals surface area contributed by atoms with Crippen LogP contribution in [0, 0.1) is 0 Å². The summed E-state index contributed by atoms with van der Waals surface area (Å²) in [6, 6.07) is 8.23. The van der Waals surface area contributed by atoms with E-state index in [2.05, 4.69) is 10.1 Å². The molecule has 3 rings (SSSR count). The number of carbonyl (C=O) groups is 1. The number of aliphatic hydroxyl groups excluding tert-OH is 1. The number of carbonyl (C=O) groups excluding carboxylic acids is 1. The van der Waals surface area contributed by atoms with Gasteiger partial charge in [-0.05, 0) is 39.0 Å². The number of hydrogen-bond acceptors (Lipinski definition) is 10. The second kappa shape index (κ2) is 12.2. The van der Waals surface area contributed by atoms with E-state index in [4.69, 9.17) is 24.3 Å². The van der Waals surface area contributed by atoms with Crippen LogP contribution in [0.25, 0.3) is 0 Å². The molecule has 0 aliphatic carbocycles. The maximum absolute atomic E-state index is 15.2. The molecular formula is C22H29FIN4O8P. The molecule has 204 valence electrons. The highest BCUT2D eigenvalue weighted by Crippen LogP contribution is 2.48. The second-order valence-electron chi connectivity index (χ2n) is 8.65. The number of halogens is 2. The Morgan fingerprint density at radius 1 is 1.35 bits per heavy atom. The van der Waals surface area contributed by atoms with Crippen LogP contribution in [0.2, 0.25) is 0 Å². The largest absolute Gasteiger partial charge is 0.462 e.